The van der Waals surface area contributed by atoms with E-state index >= 15 is 0 Å². The third-order valence-electron chi connectivity index (χ3n) is 2.25. The van der Waals surface area contributed by atoms with E-state index in [-0.39, 0.29) is 5.76 Å². The molecule has 1 heterocycles. The van der Waals surface area contributed by atoms with Crippen LogP contribution in [0.5, 0.6) is 5.75 Å². The van der Waals surface area contributed by atoms with Gasteiger partial charge in [0, 0.05) is 5.75 Å². The number of hydrogen-bond acceptors (Lipinski definition) is 4. The zero-order valence-corrected chi connectivity index (χ0v) is 9.98. The third-order valence-corrected chi connectivity index (χ3v) is 2.46. The second kappa shape index (κ2) is 5.46. The predicted molar refractivity (Wildman–Crippen MR) is 69.4 cm³/mol. The summed E-state index contributed by atoms with van der Waals surface area (Å²) in [7, 11) is 0. The van der Waals surface area contributed by atoms with Crippen molar-refractivity contribution in [2.24, 2.45) is 0 Å². The molecule has 0 radical (unpaired) electrons. The van der Waals surface area contributed by atoms with Gasteiger partial charge in [0.05, 0.1) is 5.39 Å². The molecule has 0 fully saturated rings. The van der Waals surface area contributed by atoms with Crippen LogP contribution in [0.2, 0.25) is 0 Å². The number of furan rings is 1. The monoisotopic (exact) mass is 245 g/mol. The molecule has 0 unspecified atom stereocenters. The summed E-state index contributed by atoms with van der Waals surface area (Å²) in [4.78, 5) is 0. The van der Waals surface area contributed by atoms with Gasteiger partial charge in [0.2, 0.25) is 5.76 Å². The summed E-state index contributed by atoms with van der Waals surface area (Å²) in [6.07, 6.45) is 3.74. The molecule has 0 amide bonds. The van der Waals surface area contributed by atoms with E-state index in [1.165, 1.54) is 0 Å². The van der Waals surface area contributed by atoms with Gasteiger partial charge in [-0.05, 0) is 12.1 Å². The Morgan fingerprint density at radius 3 is 2.94 bits per heavy atom. The zero-order chi connectivity index (χ0) is 12.1. The number of thiol groups is 1. The summed E-state index contributed by atoms with van der Waals surface area (Å²) < 4.78 is 10.9. The van der Waals surface area contributed by atoms with Crippen LogP contribution in [0.3, 0.4) is 0 Å². The van der Waals surface area contributed by atoms with Gasteiger partial charge in [-0.1, -0.05) is 24.3 Å². The van der Waals surface area contributed by atoms with Gasteiger partial charge in [-0.25, -0.2) is 0 Å². The van der Waals surface area contributed by atoms with E-state index in [2.05, 4.69) is 12.6 Å². The second-order valence-corrected chi connectivity index (χ2v) is 3.70. The fourth-order valence-corrected chi connectivity index (χ4v) is 1.66. The lowest BCUT2D eigenvalue weighted by molar-refractivity contribution is 0.358. The van der Waals surface area contributed by atoms with Crippen molar-refractivity contribution >= 4 is 23.6 Å². The van der Waals surface area contributed by atoms with Crippen LogP contribution in [0.25, 0.3) is 11.0 Å². The van der Waals surface area contributed by atoms with Crippen molar-refractivity contribution in [3.05, 3.63) is 42.2 Å². The van der Waals surface area contributed by atoms with Crippen molar-refractivity contribution in [1.29, 1.82) is 5.26 Å². The van der Waals surface area contributed by atoms with Crippen LogP contribution in [0.1, 0.15) is 5.76 Å². The molecule has 17 heavy (non-hydrogen) atoms. The molecule has 4 heteroatoms. The summed E-state index contributed by atoms with van der Waals surface area (Å²) in [6.45, 7) is 0.402. The zero-order valence-electron chi connectivity index (χ0n) is 9.09. The van der Waals surface area contributed by atoms with E-state index in [4.69, 9.17) is 14.4 Å². The molecular formula is C13H11NO2S. The summed E-state index contributed by atoms with van der Waals surface area (Å²) in [5.41, 5.74) is 0.664. The molecule has 0 saturated heterocycles. The van der Waals surface area contributed by atoms with Crippen LogP contribution < -0.4 is 4.74 Å². The van der Waals surface area contributed by atoms with Crippen LogP contribution in [0.15, 0.2) is 40.8 Å². The molecular weight excluding hydrogens is 234 g/mol. The highest BCUT2D eigenvalue weighted by Gasteiger charge is 2.14. The lowest BCUT2D eigenvalue weighted by Crippen LogP contribution is -1.94. The van der Waals surface area contributed by atoms with Crippen LogP contribution >= 0.6 is 12.6 Å². The first-order valence-corrected chi connectivity index (χ1v) is 5.80. The first-order valence-electron chi connectivity index (χ1n) is 5.17. The molecule has 0 aliphatic rings. The Kier molecular flexibility index (Phi) is 3.73. The van der Waals surface area contributed by atoms with Crippen molar-refractivity contribution in [1.82, 2.24) is 0 Å². The Morgan fingerprint density at radius 2 is 2.18 bits per heavy atom. The first-order chi connectivity index (χ1) is 8.36. The number of nitrogens with zero attached hydrogens (tertiary/aromatic N) is 1. The molecule has 2 rings (SSSR count). The summed E-state index contributed by atoms with van der Waals surface area (Å²) in [6, 6.07) is 9.42. The number of nitriles is 1. The second-order valence-electron chi connectivity index (χ2n) is 3.33. The molecule has 0 atom stereocenters. The van der Waals surface area contributed by atoms with Gasteiger partial charge in [0.15, 0.2) is 5.75 Å². The number of para-hydroxylation sites is 1. The lowest BCUT2D eigenvalue weighted by atomic mass is 10.2. The quantitative estimate of drug-likeness (QED) is 0.664. The molecule has 0 spiro atoms. The van der Waals surface area contributed by atoms with Crippen LogP contribution in [-0.2, 0) is 0 Å². The minimum absolute atomic E-state index is 0.213. The minimum atomic E-state index is 0.213. The number of hydrogen-bond donors (Lipinski definition) is 1. The van der Waals surface area contributed by atoms with E-state index in [1.807, 2.05) is 42.5 Å². The Labute approximate surface area is 105 Å². The summed E-state index contributed by atoms with van der Waals surface area (Å²) in [5, 5.41) is 9.79. The van der Waals surface area contributed by atoms with E-state index in [0.29, 0.717) is 23.7 Å². The number of fused-ring (bicyclic) bond motifs is 1. The van der Waals surface area contributed by atoms with Gasteiger partial charge < -0.3 is 9.15 Å². The molecule has 2 aromatic rings. The average Bonchev–Trinajstić information content (AvgIpc) is 2.73. The average molecular weight is 245 g/mol. The lowest BCUT2D eigenvalue weighted by Gasteiger charge is -2.00. The van der Waals surface area contributed by atoms with Gasteiger partial charge in [0.1, 0.15) is 18.3 Å². The van der Waals surface area contributed by atoms with Gasteiger partial charge in [-0.3, -0.25) is 0 Å². The molecule has 0 saturated carbocycles. The Balaban J connectivity index is 2.31. The number of rotatable bonds is 4. The van der Waals surface area contributed by atoms with Crippen LogP contribution in [-0.4, -0.2) is 12.4 Å². The van der Waals surface area contributed by atoms with Crippen molar-refractivity contribution in [3.8, 4) is 11.8 Å². The molecule has 86 valence electrons. The normalized spacial score (nSPS) is 10.8. The molecule has 0 N–H and O–H groups in total. The Morgan fingerprint density at radius 1 is 1.35 bits per heavy atom. The highest BCUT2D eigenvalue weighted by atomic mass is 32.1. The molecule has 0 bridgehead atoms. The Bertz CT molecular complexity index is 581. The van der Waals surface area contributed by atoms with Gasteiger partial charge >= 0.3 is 0 Å². The third kappa shape index (κ3) is 2.45. The standard InChI is InChI=1S/C13H11NO2S/c14-9-12-13(15-7-3-4-8-17)10-5-1-2-6-11(10)16-12/h1-6,17H,7-8H2/b4-3+. The fraction of sp³-hybridized carbons (Fsp3) is 0.154. The summed E-state index contributed by atoms with van der Waals surface area (Å²) in [5.74, 6) is 1.39. The number of benzene rings is 1. The molecule has 1 aromatic carbocycles. The highest BCUT2D eigenvalue weighted by Crippen LogP contribution is 2.32. The van der Waals surface area contributed by atoms with Crippen molar-refractivity contribution in [2.75, 3.05) is 12.4 Å². The minimum Gasteiger partial charge on any atom is -0.484 e. The van der Waals surface area contributed by atoms with Crippen LogP contribution in [0, 0.1) is 11.3 Å². The SMILES string of the molecule is N#Cc1oc2ccccc2c1OC/C=C/CS. The van der Waals surface area contributed by atoms with Crippen molar-refractivity contribution < 1.29 is 9.15 Å². The van der Waals surface area contributed by atoms with E-state index in [0.717, 1.165) is 5.39 Å². The van der Waals surface area contributed by atoms with E-state index < -0.39 is 0 Å². The van der Waals surface area contributed by atoms with Crippen molar-refractivity contribution in [3.63, 3.8) is 0 Å². The topological polar surface area (TPSA) is 46.2 Å². The maximum atomic E-state index is 8.97. The van der Waals surface area contributed by atoms with Crippen LogP contribution in [0.4, 0.5) is 0 Å². The largest absolute Gasteiger partial charge is 0.484 e. The van der Waals surface area contributed by atoms with Crippen molar-refractivity contribution in [2.45, 2.75) is 0 Å². The Hall–Kier alpha value is -1.86. The maximum Gasteiger partial charge on any atom is 0.246 e. The van der Waals surface area contributed by atoms with E-state index in [9.17, 15) is 0 Å². The fourth-order valence-electron chi connectivity index (χ4n) is 1.51. The molecule has 0 aliphatic carbocycles. The van der Waals surface area contributed by atoms with E-state index in [1.54, 1.807) is 0 Å². The molecule has 3 nitrogen and oxygen atoms in total. The summed E-state index contributed by atoms with van der Waals surface area (Å²) >= 11 is 4.05. The first kappa shape index (κ1) is 11.6. The maximum absolute atomic E-state index is 8.97. The highest BCUT2D eigenvalue weighted by molar-refractivity contribution is 7.80. The van der Waals surface area contributed by atoms with Gasteiger partial charge in [-0.2, -0.15) is 17.9 Å². The molecule has 0 aliphatic heterocycles. The predicted octanol–water partition coefficient (Wildman–Crippen LogP) is 3.17. The molecule has 1 aromatic heterocycles. The van der Waals surface area contributed by atoms with Gasteiger partial charge in [0.25, 0.3) is 0 Å². The smallest absolute Gasteiger partial charge is 0.246 e. The van der Waals surface area contributed by atoms with Gasteiger partial charge in [-0.15, -0.1) is 0 Å². The number of ether oxygens (including phenoxy) is 1.